The molecule has 0 aromatic heterocycles. The van der Waals surface area contributed by atoms with Crippen LogP contribution < -0.4 is 10.6 Å². The molecule has 1 heterocycles. The molecular formula is C16H17BrN2O3. The highest BCUT2D eigenvalue weighted by molar-refractivity contribution is 9.10. The molecule has 2 amide bonds. The highest BCUT2D eigenvalue weighted by atomic mass is 79.9. The normalized spacial score (nSPS) is 18.1. The molecule has 0 saturated carbocycles. The van der Waals surface area contributed by atoms with Gasteiger partial charge in [-0.3, -0.25) is 0 Å². The summed E-state index contributed by atoms with van der Waals surface area (Å²) in [7, 11) is 0. The number of halogens is 1. The molecule has 1 atom stereocenters. The summed E-state index contributed by atoms with van der Waals surface area (Å²) in [4.78, 5) is 24.1. The van der Waals surface area contributed by atoms with E-state index in [9.17, 15) is 9.59 Å². The van der Waals surface area contributed by atoms with Gasteiger partial charge in [0.25, 0.3) is 0 Å². The summed E-state index contributed by atoms with van der Waals surface area (Å²) in [5.41, 5.74) is 1.71. The fourth-order valence-electron chi connectivity index (χ4n) is 2.20. The molecule has 2 rings (SSSR count). The molecule has 1 aromatic rings. The predicted octanol–water partition coefficient (Wildman–Crippen LogP) is 3.20. The molecule has 1 aromatic carbocycles. The van der Waals surface area contributed by atoms with Crippen LogP contribution in [0, 0.1) is 0 Å². The van der Waals surface area contributed by atoms with Crippen LogP contribution >= 0.6 is 15.9 Å². The third kappa shape index (κ3) is 3.76. The van der Waals surface area contributed by atoms with Crippen LogP contribution in [0.25, 0.3) is 0 Å². The van der Waals surface area contributed by atoms with E-state index in [1.807, 2.05) is 31.2 Å². The number of carbonyl (C=O) groups excluding carboxylic acids is 2. The second-order valence-corrected chi connectivity index (χ2v) is 5.71. The van der Waals surface area contributed by atoms with Crippen LogP contribution in [0.15, 0.2) is 52.2 Å². The van der Waals surface area contributed by atoms with Crippen LogP contribution in [-0.2, 0) is 9.53 Å². The van der Waals surface area contributed by atoms with Gasteiger partial charge in [0.05, 0.1) is 11.6 Å². The van der Waals surface area contributed by atoms with Crippen LogP contribution in [0.4, 0.5) is 4.79 Å². The van der Waals surface area contributed by atoms with E-state index in [4.69, 9.17) is 4.74 Å². The summed E-state index contributed by atoms with van der Waals surface area (Å²) < 4.78 is 6.10. The van der Waals surface area contributed by atoms with Crippen molar-refractivity contribution in [3.63, 3.8) is 0 Å². The van der Waals surface area contributed by atoms with Crippen molar-refractivity contribution < 1.29 is 14.3 Å². The van der Waals surface area contributed by atoms with E-state index >= 15 is 0 Å². The van der Waals surface area contributed by atoms with Gasteiger partial charge in [0.2, 0.25) is 0 Å². The Bertz CT molecular complexity index is 653. The number of amides is 2. The molecule has 0 bridgehead atoms. The molecule has 0 fully saturated rings. The number of carbonyl (C=O) groups is 2. The molecule has 0 unspecified atom stereocenters. The van der Waals surface area contributed by atoms with Gasteiger partial charge in [-0.05, 0) is 31.5 Å². The van der Waals surface area contributed by atoms with Crippen LogP contribution in [-0.4, -0.2) is 18.6 Å². The third-order valence-corrected chi connectivity index (χ3v) is 3.71. The smallest absolute Gasteiger partial charge is 0.338 e. The summed E-state index contributed by atoms with van der Waals surface area (Å²) in [6.07, 6.45) is 3.55. The zero-order chi connectivity index (χ0) is 16.1. The van der Waals surface area contributed by atoms with Crippen molar-refractivity contribution in [2.45, 2.75) is 19.9 Å². The van der Waals surface area contributed by atoms with Gasteiger partial charge in [0, 0.05) is 10.2 Å². The van der Waals surface area contributed by atoms with Crippen LogP contribution in [0.2, 0.25) is 0 Å². The second-order valence-electron chi connectivity index (χ2n) is 4.79. The molecule has 5 nitrogen and oxygen atoms in total. The van der Waals surface area contributed by atoms with E-state index in [1.165, 1.54) is 0 Å². The van der Waals surface area contributed by atoms with Gasteiger partial charge in [0.15, 0.2) is 0 Å². The van der Waals surface area contributed by atoms with Gasteiger partial charge >= 0.3 is 12.0 Å². The molecule has 0 radical (unpaired) electrons. The number of hydrogen-bond donors (Lipinski definition) is 2. The van der Waals surface area contributed by atoms with Crippen molar-refractivity contribution in [3.05, 3.63) is 57.7 Å². The summed E-state index contributed by atoms with van der Waals surface area (Å²) in [5, 5.41) is 5.38. The van der Waals surface area contributed by atoms with E-state index in [2.05, 4.69) is 26.6 Å². The maximum atomic E-state index is 12.3. The summed E-state index contributed by atoms with van der Waals surface area (Å²) >= 11 is 3.40. The molecule has 1 aliphatic rings. The van der Waals surface area contributed by atoms with Crippen LogP contribution in [0.3, 0.4) is 0 Å². The molecule has 0 spiro atoms. The van der Waals surface area contributed by atoms with Crippen LogP contribution in [0.5, 0.6) is 0 Å². The Kier molecular flexibility index (Phi) is 5.38. The van der Waals surface area contributed by atoms with Crippen LogP contribution in [0.1, 0.15) is 25.5 Å². The first-order valence-corrected chi connectivity index (χ1v) is 7.64. The standard InChI is InChI=1S/C16H17BrN2O3/c1-3-4-8-22-15(20)13-10(2)18-16(21)19-14(13)11-6-5-7-12(17)9-11/h3-7,9,14H,8H2,1-2H3,(H2,18,19,21)/b4-3+/t14-/m0/s1. The fourth-order valence-corrected chi connectivity index (χ4v) is 2.62. The third-order valence-electron chi connectivity index (χ3n) is 3.22. The molecular weight excluding hydrogens is 348 g/mol. The van der Waals surface area contributed by atoms with E-state index in [0.29, 0.717) is 11.3 Å². The Balaban J connectivity index is 2.34. The van der Waals surface area contributed by atoms with Crippen molar-refractivity contribution >= 4 is 27.9 Å². The molecule has 0 saturated heterocycles. The van der Waals surface area contributed by atoms with Crippen molar-refractivity contribution in [1.29, 1.82) is 0 Å². The number of ether oxygens (including phenoxy) is 1. The van der Waals surface area contributed by atoms with Gasteiger partial charge < -0.3 is 15.4 Å². The van der Waals surface area contributed by atoms with Crippen molar-refractivity contribution in [3.8, 4) is 0 Å². The Morgan fingerprint density at radius 2 is 2.23 bits per heavy atom. The number of benzene rings is 1. The minimum atomic E-state index is -0.538. The lowest BCUT2D eigenvalue weighted by Gasteiger charge is -2.28. The molecule has 116 valence electrons. The average molecular weight is 365 g/mol. The summed E-state index contributed by atoms with van der Waals surface area (Å²) in [6.45, 7) is 3.74. The van der Waals surface area contributed by atoms with E-state index in [-0.39, 0.29) is 12.6 Å². The van der Waals surface area contributed by atoms with E-state index in [0.717, 1.165) is 10.0 Å². The Labute approximate surface area is 137 Å². The van der Waals surface area contributed by atoms with Gasteiger partial charge in [-0.15, -0.1) is 0 Å². The molecule has 0 aliphatic carbocycles. The topological polar surface area (TPSA) is 67.4 Å². The second kappa shape index (κ2) is 7.26. The molecule has 2 N–H and O–H groups in total. The Hall–Kier alpha value is -2.08. The maximum Gasteiger partial charge on any atom is 0.338 e. The first kappa shape index (κ1) is 16.3. The lowest BCUT2D eigenvalue weighted by atomic mass is 9.96. The Morgan fingerprint density at radius 1 is 1.45 bits per heavy atom. The summed E-state index contributed by atoms with van der Waals surface area (Å²) in [6, 6.07) is 6.58. The van der Waals surface area contributed by atoms with Gasteiger partial charge in [-0.2, -0.15) is 0 Å². The SMILES string of the molecule is C/C=C/COC(=O)C1=C(C)NC(=O)N[C@H]1c1cccc(Br)c1. The quantitative estimate of drug-likeness (QED) is 0.636. The minimum absolute atomic E-state index is 0.200. The molecule has 6 heteroatoms. The molecule has 22 heavy (non-hydrogen) atoms. The zero-order valence-electron chi connectivity index (χ0n) is 12.4. The first-order chi connectivity index (χ1) is 10.5. The maximum absolute atomic E-state index is 12.3. The largest absolute Gasteiger partial charge is 0.458 e. The van der Waals surface area contributed by atoms with Crippen molar-refractivity contribution in [2.24, 2.45) is 0 Å². The monoisotopic (exact) mass is 364 g/mol. The number of esters is 1. The zero-order valence-corrected chi connectivity index (χ0v) is 13.9. The molecule has 1 aliphatic heterocycles. The number of urea groups is 1. The number of nitrogens with one attached hydrogen (secondary N) is 2. The highest BCUT2D eigenvalue weighted by Crippen LogP contribution is 2.29. The van der Waals surface area contributed by atoms with Gasteiger partial charge in [0.1, 0.15) is 6.61 Å². The summed E-state index contributed by atoms with van der Waals surface area (Å²) in [5.74, 6) is -0.451. The average Bonchev–Trinajstić information content (AvgIpc) is 2.46. The fraction of sp³-hybridized carbons (Fsp3) is 0.250. The van der Waals surface area contributed by atoms with Gasteiger partial charge in [-0.1, -0.05) is 40.2 Å². The van der Waals surface area contributed by atoms with Crippen molar-refractivity contribution in [2.75, 3.05) is 6.61 Å². The lowest BCUT2D eigenvalue weighted by Crippen LogP contribution is -2.45. The Morgan fingerprint density at radius 3 is 2.91 bits per heavy atom. The number of hydrogen-bond acceptors (Lipinski definition) is 3. The lowest BCUT2D eigenvalue weighted by molar-refractivity contribution is -0.138. The van der Waals surface area contributed by atoms with E-state index in [1.54, 1.807) is 19.1 Å². The minimum Gasteiger partial charge on any atom is -0.458 e. The number of rotatable bonds is 4. The number of allylic oxidation sites excluding steroid dienone is 2. The van der Waals surface area contributed by atoms with Crippen molar-refractivity contribution in [1.82, 2.24) is 10.6 Å². The van der Waals surface area contributed by atoms with E-state index < -0.39 is 12.0 Å². The highest BCUT2D eigenvalue weighted by Gasteiger charge is 2.32. The van der Waals surface area contributed by atoms with Gasteiger partial charge in [-0.25, -0.2) is 9.59 Å². The first-order valence-electron chi connectivity index (χ1n) is 6.85. The predicted molar refractivity (Wildman–Crippen MR) is 87.0 cm³/mol.